The van der Waals surface area contributed by atoms with Crippen LogP contribution in [0.3, 0.4) is 0 Å². The summed E-state index contributed by atoms with van der Waals surface area (Å²) in [5.74, 6) is 0.893. The van der Waals surface area contributed by atoms with Crippen LogP contribution in [0.4, 0.5) is 11.4 Å². The molecule has 1 aliphatic heterocycles. The number of methoxy groups -OCH3 is 1. The molecular weight excluding hydrogens is 486 g/mol. The number of hydrogen-bond donors (Lipinski definition) is 2. The van der Waals surface area contributed by atoms with Crippen LogP contribution in [0.1, 0.15) is 18.9 Å². The Hall–Kier alpha value is -4.53. The first-order valence-corrected chi connectivity index (χ1v) is 12.4. The second-order valence-corrected chi connectivity index (χ2v) is 8.72. The van der Waals surface area contributed by atoms with Crippen molar-refractivity contribution in [1.29, 1.82) is 0 Å². The van der Waals surface area contributed by atoms with Gasteiger partial charge in [-0.25, -0.2) is 0 Å². The summed E-state index contributed by atoms with van der Waals surface area (Å²) < 4.78 is 16.3. The molecule has 0 spiro atoms. The van der Waals surface area contributed by atoms with Crippen LogP contribution in [0.2, 0.25) is 0 Å². The van der Waals surface area contributed by atoms with E-state index in [2.05, 4.69) is 10.6 Å². The van der Waals surface area contributed by atoms with Crippen molar-refractivity contribution >= 4 is 29.1 Å². The van der Waals surface area contributed by atoms with Gasteiger partial charge in [0.25, 0.3) is 5.91 Å². The molecule has 0 aromatic heterocycles. The van der Waals surface area contributed by atoms with Crippen molar-refractivity contribution in [2.24, 2.45) is 5.92 Å². The summed E-state index contributed by atoms with van der Waals surface area (Å²) in [4.78, 5) is 39.2. The van der Waals surface area contributed by atoms with Gasteiger partial charge in [0.15, 0.2) is 6.61 Å². The van der Waals surface area contributed by atoms with Crippen LogP contribution in [-0.2, 0) is 20.9 Å². The highest BCUT2D eigenvalue weighted by Crippen LogP contribution is 2.27. The average Bonchev–Trinajstić information content (AvgIpc) is 3.33. The number of amides is 3. The molecule has 0 unspecified atom stereocenters. The highest BCUT2D eigenvalue weighted by molar-refractivity contribution is 6.00. The van der Waals surface area contributed by atoms with Crippen molar-refractivity contribution in [3.63, 3.8) is 0 Å². The van der Waals surface area contributed by atoms with Gasteiger partial charge in [0.05, 0.1) is 19.6 Å². The van der Waals surface area contributed by atoms with E-state index in [0.29, 0.717) is 42.6 Å². The Morgan fingerprint density at radius 1 is 0.947 bits per heavy atom. The van der Waals surface area contributed by atoms with Gasteiger partial charge in [0.1, 0.15) is 17.2 Å². The molecule has 198 valence electrons. The number of rotatable bonds is 11. The fourth-order valence-electron chi connectivity index (χ4n) is 4.18. The summed E-state index contributed by atoms with van der Waals surface area (Å²) in [6.07, 6.45) is 0.141. The molecular formula is C29H31N3O6. The van der Waals surface area contributed by atoms with Crippen LogP contribution in [-0.4, -0.2) is 44.6 Å². The van der Waals surface area contributed by atoms with Crippen molar-refractivity contribution in [1.82, 2.24) is 5.32 Å². The molecule has 1 aliphatic rings. The topological polar surface area (TPSA) is 106 Å². The number of carbonyl (C=O) groups is 3. The van der Waals surface area contributed by atoms with Crippen LogP contribution >= 0.6 is 0 Å². The average molecular weight is 518 g/mol. The molecule has 0 bridgehead atoms. The number of nitrogens with one attached hydrogen (secondary N) is 2. The molecule has 4 rings (SSSR count). The van der Waals surface area contributed by atoms with Crippen molar-refractivity contribution in [3.8, 4) is 17.2 Å². The van der Waals surface area contributed by atoms with Crippen molar-refractivity contribution < 1.29 is 28.6 Å². The molecule has 1 fully saturated rings. The molecule has 3 amide bonds. The zero-order valence-electron chi connectivity index (χ0n) is 21.4. The third kappa shape index (κ3) is 6.82. The fourth-order valence-corrected chi connectivity index (χ4v) is 4.18. The highest BCUT2D eigenvalue weighted by Gasteiger charge is 2.35. The SMILES string of the molecule is CCOc1ccc(NC(=O)COc2ccc(N3C[C@H](C(=O)NCc4ccccc4OC)CC3=O)cc2)cc1. The molecule has 1 saturated heterocycles. The molecule has 0 aliphatic carbocycles. The molecule has 0 radical (unpaired) electrons. The Kier molecular flexibility index (Phi) is 8.81. The zero-order valence-corrected chi connectivity index (χ0v) is 21.4. The lowest BCUT2D eigenvalue weighted by Crippen LogP contribution is -2.32. The third-order valence-corrected chi connectivity index (χ3v) is 6.11. The maximum absolute atomic E-state index is 12.7. The number of anilines is 2. The molecule has 0 saturated carbocycles. The molecule has 1 heterocycles. The highest BCUT2D eigenvalue weighted by atomic mass is 16.5. The van der Waals surface area contributed by atoms with Gasteiger partial charge in [-0.2, -0.15) is 0 Å². The van der Waals surface area contributed by atoms with Gasteiger partial charge < -0.3 is 29.7 Å². The molecule has 3 aromatic rings. The van der Waals surface area contributed by atoms with Crippen LogP contribution in [0, 0.1) is 5.92 Å². The summed E-state index contributed by atoms with van der Waals surface area (Å²) in [7, 11) is 1.59. The van der Waals surface area contributed by atoms with E-state index in [9.17, 15) is 14.4 Å². The monoisotopic (exact) mass is 517 g/mol. The number of ether oxygens (including phenoxy) is 3. The summed E-state index contributed by atoms with van der Waals surface area (Å²) in [6.45, 7) is 2.94. The van der Waals surface area contributed by atoms with E-state index in [1.165, 1.54) is 0 Å². The minimum atomic E-state index is -0.445. The largest absolute Gasteiger partial charge is 0.496 e. The minimum absolute atomic E-state index is 0.120. The van der Waals surface area contributed by atoms with E-state index >= 15 is 0 Å². The van der Waals surface area contributed by atoms with Gasteiger partial charge in [-0.15, -0.1) is 0 Å². The molecule has 38 heavy (non-hydrogen) atoms. The number of para-hydroxylation sites is 1. The quantitative estimate of drug-likeness (QED) is 0.401. The van der Waals surface area contributed by atoms with Gasteiger partial charge in [0.2, 0.25) is 11.8 Å². The Labute approximate surface area is 221 Å². The Morgan fingerprint density at radius 2 is 1.63 bits per heavy atom. The molecule has 9 nitrogen and oxygen atoms in total. The van der Waals surface area contributed by atoms with Crippen LogP contribution in [0.15, 0.2) is 72.8 Å². The summed E-state index contributed by atoms with van der Waals surface area (Å²) >= 11 is 0. The lowest BCUT2D eigenvalue weighted by Gasteiger charge is -2.17. The van der Waals surface area contributed by atoms with Gasteiger partial charge in [-0.3, -0.25) is 14.4 Å². The second-order valence-electron chi connectivity index (χ2n) is 8.72. The van der Waals surface area contributed by atoms with Crippen molar-refractivity contribution in [2.45, 2.75) is 19.9 Å². The van der Waals surface area contributed by atoms with E-state index in [1.54, 1.807) is 60.5 Å². The van der Waals surface area contributed by atoms with Gasteiger partial charge in [-0.1, -0.05) is 18.2 Å². The first kappa shape index (κ1) is 26.5. The minimum Gasteiger partial charge on any atom is -0.496 e. The van der Waals surface area contributed by atoms with Gasteiger partial charge in [-0.05, 0) is 61.5 Å². The van der Waals surface area contributed by atoms with E-state index in [-0.39, 0.29) is 30.7 Å². The predicted molar refractivity (Wildman–Crippen MR) is 143 cm³/mol. The maximum atomic E-state index is 12.7. The lowest BCUT2D eigenvalue weighted by atomic mass is 10.1. The van der Waals surface area contributed by atoms with E-state index in [0.717, 1.165) is 11.3 Å². The number of nitrogens with zero attached hydrogens (tertiary/aromatic N) is 1. The van der Waals surface area contributed by atoms with E-state index in [4.69, 9.17) is 14.2 Å². The normalized spacial score (nSPS) is 14.6. The molecule has 3 aromatic carbocycles. The van der Waals surface area contributed by atoms with Gasteiger partial charge >= 0.3 is 0 Å². The lowest BCUT2D eigenvalue weighted by molar-refractivity contribution is -0.126. The predicted octanol–water partition coefficient (Wildman–Crippen LogP) is 3.78. The number of carbonyl (C=O) groups excluding carboxylic acids is 3. The molecule has 2 N–H and O–H groups in total. The Bertz CT molecular complexity index is 1260. The summed E-state index contributed by atoms with van der Waals surface area (Å²) in [5, 5.41) is 5.68. The first-order chi connectivity index (χ1) is 18.5. The summed E-state index contributed by atoms with van der Waals surface area (Å²) in [6, 6.07) is 21.4. The number of benzene rings is 3. The van der Waals surface area contributed by atoms with E-state index in [1.807, 2.05) is 31.2 Å². The number of hydrogen-bond acceptors (Lipinski definition) is 6. The Balaban J connectivity index is 1.25. The van der Waals surface area contributed by atoms with E-state index < -0.39 is 5.92 Å². The first-order valence-electron chi connectivity index (χ1n) is 12.4. The fraction of sp³-hybridized carbons (Fsp3) is 0.276. The maximum Gasteiger partial charge on any atom is 0.262 e. The molecule has 9 heteroatoms. The smallest absolute Gasteiger partial charge is 0.262 e. The second kappa shape index (κ2) is 12.6. The third-order valence-electron chi connectivity index (χ3n) is 6.11. The standard InChI is InChI=1S/C29H31N3O6/c1-3-37-24-12-8-22(9-13-24)31-27(33)19-38-25-14-10-23(11-15-25)32-18-21(16-28(32)34)29(35)30-17-20-6-4-5-7-26(20)36-2/h4-15,21H,3,16-19H2,1-2H3,(H,30,35)(H,31,33)/t21-/m1/s1. The van der Waals surface area contributed by atoms with Crippen molar-refractivity contribution in [2.75, 3.05) is 37.1 Å². The Morgan fingerprint density at radius 3 is 2.34 bits per heavy atom. The van der Waals surface area contributed by atoms with Crippen LogP contribution < -0.4 is 29.7 Å². The zero-order chi connectivity index (χ0) is 26.9. The summed E-state index contributed by atoms with van der Waals surface area (Å²) in [5.41, 5.74) is 2.18. The van der Waals surface area contributed by atoms with Crippen molar-refractivity contribution in [3.05, 3.63) is 78.4 Å². The molecule has 1 atom stereocenters. The van der Waals surface area contributed by atoms with Gasteiger partial charge in [0, 0.05) is 36.4 Å². The van der Waals surface area contributed by atoms with Crippen LogP contribution in [0.5, 0.6) is 17.2 Å². The van der Waals surface area contributed by atoms with Crippen LogP contribution in [0.25, 0.3) is 0 Å².